The molecule has 0 saturated heterocycles. The van der Waals surface area contributed by atoms with Crippen molar-refractivity contribution < 1.29 is 14.6 Å². The molecule has 0 aliphatic heterocycles. The van der Waals surface area contributed by atoms with Gasteiger partial charge in [-0.15, -0.1) is 11.3 Å². The van der Waals surface area contributed by atoms with Gasteiger partial charge in [-0.05, 0) is 31.7 Å². The zero-order chi connectivity index (χ0) is 13.7. The van der Waals surface area contributed by atoms with E-state index in [1.165, 1.54) is 11.3 Å². The summed E-state index contributed by atoms with van der Waals surface area (Å²) in [5.74, 6) is 0.181. The van der Waals surface area contributed by atoms with E-state index in [2.05, 4.69) is 20.8 Å². The SMILES string of the molecule is CCCc1cc(OC(C)CC(C)C)c(C(=O)O)s1. The number of aryl methyl sites for hydroxylation is 1. The van der Waals surface area contributed by atoms with Crippen molar-refractivity contribution in [1.82, 2.24) is 0 Å². The number of ether oxygens (including phenoxy) is 1. The van der Waals surface area contributed by atoms with E-state index >= 15 is 0 Å². The molecule has 0 radical (unpaired) electrons. The second-order valence-corrected chi connectivity index (χ2v) is 6.16. The van der Waals surface area contributed by atoms with Crippen molar-refractivity contribution in [2.24, 2.45) is 5.92 Å². The van der Waals surface area contributed by atoms with Crippen LogP contribution in [-0.4, -0.2) is 17.2 Å². The predicted octanol–water partition coefficient (Wildman–Crippen LogP) is 4.21. The minimum Gasteiger partial charge on any atom is -0.489 e. The van der Waals surface area contributed by atoms with E-state index in [0.29, 0.717) is 16.5 Å². The summed E-state index contributed by atoms with van der Waals surface area (Å²) in [6.07, 6.45) is 2.90. The molecule has 0 aromatic carbocycles. The molecular weight excluding hydrogens is 248 g/mol. The number of aromatic carboxylic acids is 1. The van der Waals surface area contributed by atoms with Crippen LogP contribution in [0.25, 0.3) is 0 Å². The van der Waals surface area contributed by atoms with Crippen LogP contribution in [0.1, 0.15) is 55.1 Å². The van der Waals surface area contributed by atoms with Crippen LogP contribution < -0.4 is 4.74 Å². The fraction of sp³-hybridized carbons (Fsp3) is 0.643. The molecule has 1 heterocycles. The molecule has 0 bridgehead atoms. The van der Waals surface area contributed by atoms with Crippen LogP contribution in [0.15, 0.2) is 6.07 Å². The van der Waals surface area contributed by atoms with E-state index in [1.54, 1.807) is 0 Å². The summed E-state index contributed by atoms with van der Waals surface area (Å²) >= 11 is 1.33. The zero-order valence-corrected chi connectivity index (χ0v) is 12.3. The molecule has 1 rings (SSSR count). The highest BCUT2D eigenvalue weighted by Crippen LogP contribution is 2.31. The second-order valence-electron chi connectivity index (χ2n) is 5.02. The first-order valence-corrected chi connectivity index (χ1v) is 7.28. The van der Waals surface area contributed by atoms with Gasteiger partial charge >= 0.3 is 5.97 Å². The first-order chi connectivity index (χ1) is 8.43. The fourth-order valence-electron chi connectivity index (χ4n) is 1.96. The summed E-state index contributed by atoms with van der Waals surface area (Å²) in [7, 11) is 0. The summed E-state index contributed by atoms with van der Waals surface area (Å²) in [4.78, 5) is 12.6. The molecule has 1 atom stereocenters. The molecule has 18 heavy (non-hydrogen) atoms. The maximum atomic E-state index is 11.2. The molecule has 0 spiro atoms. The van der Waals surface area contributed by atoms with Crippen LogP contribution >= 0.6 is 11.3 Å². The number of hydrogen-bond acceptors (Lipinski definition) is 3. The lowest BCUT2D eigenvalue weighted by Gasteiger charge is -2.16. The highest BCUT2D eigenvalue weighted by atomic mass is 32.1. The number of hydrogen-bond donors (Lipinski definition) is 1. The van der Waals surface area contributed by atoms with Gasteiger partial charge in [0.2, 0.25) is 0 Å². The van der Waals surface area contributed by atoms with E-state index < -0.39 is 5.97 Å². The van der Waals surface area contributed by atoms with Crippen molar-refractivity contribution in [1.29, 1.82) is 0 Å². The summed E-state index contributed by atoms with van der Waals surface area (Å²) < 4.78 is 5.77. The van der Waals surface area contributed by atoms with Crippen LogP contribution in [0.4, 0.5) is 0 Å². The molecule has 1 N–H and O–H groups in total. The topological polar surface area (TPSA) is 46.5 Å². The summed E-state index contributed by atoms with van der Waals surface area (Å²) in [6, 6.07) is 1.88. The van der Waals surface area contributed by atoms with Crippen molar-refractivity contribution in [3.8, 4) is 5.75 Å². The van der Waals surface area contributed by atoms with Crippen molar-refractivity contribution in [3.63, 3.8) is 0 Å². The van der Waals surface area contributed by atoms with Gasteiger partial charge < -0.3 is 9.84 Å². The highest BCUT2D eigenvalue weighted by Gasteiger charge is 2.18. The Morgan fingerprint density at radius 1 is 1.44 bits per heavy atom. The van der Waals surface area contributed by atoms with Gasteiger partial charge in [0, 0.05) is 4.88 Å². The Morgan fingerprint density at radius 2 is 2.11 bits per heavy atom. The van der Waals surface area contributed by atoms with Gasteiger partial charge in [0.05, 0.1) is 6.10 Å². The average molecular weight is 270 g/mol. The molecule has 102 valence electrons. The lowest BCUT2D eigenvalue weighted by molar-refractivity contribution is 0.0695. The second kappa shape index (κ2) is 6.78. The Kier molecular flexibility index (Phi) is 5.66. The maximum Gasteiger partial charge on any atom is 0.349 e. The molecular formula is C14H22O3S. The third-order valence-electron chi connectivity index (χ3n) is 2.57. The number of rotatable bonds is 7. The third-order valence-corrected chi connectivity index (χ3v) is 3.74. The molecule has 0 aliphatic carbocycles. The third kappa shape index (κ3) is 4.33. The van der Waals surface area contributed by atoms with Gasteiger partial charge in [0.25, 0.3) is 0 Å². The first-order valence-electron chi connectivity index (χ1n) is 6.46. The van der Waals surface area contributed by atoms with Gasteiger partial charge in [-0.3, -0.25) is 0 Å². The number of carboxylic acid groups (broad SMARTS) is 1. The lowest BCUT2D eigenvalue weighted by Crippen LogP contribution is -2.15. The molecule has 0 fully saturated rings. The van der Waals surface area contributed by atoms with Crippen LogP contribution in [-0.2, 0) is 6.42 Å². The summed E-state index contributed by atoms with van der Waals surface area (Å²) in [5, 5.41) is 9.17. The van der Waals surface area contributed by atoms with E-state index in [-0.39, 0.29) is 6.10 Å². The summed E-state index contributed by atoms with van der Waals surface area (Å²) in [5.41, 5.74) is 0. The normalized spacial score (nSPS) is 12.7. The van der Waals surface area contributed by atoms with Gasteiger partial charge in [-0.25, -0.2) is 4.79 Å². The molecule has 0 saturated carbocycles. The molecule has 3 nitrogen and oxygen atoms in total. The van der Waals surface area contributed by atoms with Gasteiger partial charge in [0.1, 0.15) is 5.75 Å². The van der Waals surface area contributed by atoms with Crippen molar-refractivity contribution in [2.75, 3.05) is 0 Å². The van der Waals surface area contributed by atoms with Crippen molar-refractivity contribution in [3.05, 3.63) is 15.8 Å². The van der Waals surface area contributed by atoms with E-state index in [4.69, 9.17) is 4.74 Å². The van der Waals surface area contributed by atoms with Crippen LogP contribution in [0.3, 0.4) is 0 Å². The highest BCUT2D eigenvalue weighted by molar-refractivity contribution is 7.14. The molecule has 0 aliphatic rings. The monoisotopic (exact) mass is 270 g/mol. The van der Waals surface area contributed by atoms with Crippen LogP contribution in [0.5, 0.6) is 5.75 Å². The van der Waals surface area contributed by atoms with E-state index in [1.807, 2.05) is 13.0 Å². The predicted molar refractivity (Wildman–Crippen MR) is 74.8 cm³/mol. The Balaban J connectivity index is 2.82. The molecule has 0 amide bonds. The standard InChI is InChI=1S/C14H22O3S/c1-5-6-11-8-12(13(18-11)14(15)16)17-10(4)7-9(2)3/h8-10H,5-7H2,1-4H3,(H,15,16). The smallest absolute Gasteiger partial charge is 0.349 e. The molecule has 4 heteroatoms. The zero-order valence-electron chi connectivity index (χ0n) is 11.5. The number of carboxylic acids is 1. The average Bonchev–Trinajstić information content (AvgIpc) is 2.60. The van der Waals surface area contributed by atoms with Gasteiger partial charge in [-0.2, -0.15) is 0 Å². The fourth-order valence-corrected chi connectivity index (χ4v) is 2.99. The van der Waals surface area contributed by atoms with Crippen molar-refractivity contribution >= 4 is 17.3 Å². The minimum atomic E-state index is -0.894. The number of carbonyl (C=O) groups is 1. The Bertz CT molecular complexity index is 396. The summed E-state index contributed by atoms with van der Waals surface area (Å²) in [6.45, 7) is 8.34. The minimum absolute atomic E-state index is 0.0483. The Labute approximate surface area is 113 Å². The quantitative estimate of drug-likeness (QED) is 0.807. The maximum absolute atomic E-state index is 11.2. The van der Waals surface area contributed by atoms with Crippen molar-refractivity contribution in [2.45, 2.75) is 53.1 Å². The first kappa shape index (κ1) is 15.0. The number of thiophene rings is 1. The van der Waals surface area contributed by atoms with Crippen LogP contribution in [0, 0.1) is 5.92 Å². The Hall–Kier alpha value is -1.03. The Morgan fingerprint density at radius 3 is 2.61 bits per heavy atom. The molecule has 1 aromatic heterocycles. The lowest BCUT2D eigenvalue weighted by atomic mass is 10.1. The largest absolute Gasteiger partial charge is 0.489 e. The van der Waals surface area contributed by atoms with E-state index in [9.17, 15) is 9.90 Å². The molecule has 1 unspecified atom stereocenters. The van der Waals surface area contributed by atoms with Gasteiger partial charge in [-0.1, -0.05) is 27.2 Å². The molecule has 1 aromatic rings. The van der Waals surface area contributed by atoms with Crippen LogP contribution in [0.2, 0.25) is 0 Å². The van der Waals surface area contributed by atoms with E-state index in [0.717, 1.165) is 24.1 Å². The van der Waals surface area contributed by atoms with Gasteiger partial charge in [0.15, 0.2) is 4.88 Å².